The first-order valence-electron chi connectivity index (χ1n) is 9.94. The number of carbonyl (C=O) groups is 1. The van der Waals surface area contributed by atoms with E-state index in [0.29, 0.717) is 6.54 Å². The number of halogens is 1. The first-order chi connectivity index (χ1) is 14.1. The Morgan fingerprint density at radius 3 is 2.48 bits per heavy atom. The first kappa shape index (κ1) is 19.1. The Kier molecular flexibility index (Phi) is 5.56. The number of aromatic nitrogens is 1. The molecule has 4 nitrogen and oxygen atoms in total. The average molecular weight is 390 g/mol. The Hall–Kier alpha value is -3.21. The van der Waals surface area contributed by atoms with Crippen LogP contribution < -0.4 is 10.9 Å². The van der Waals surface area contributed by atoms with Crippen molar-refractivity contribution in [3.63, 3.8) is 0 Å². The van der Waals surface area contributed by atoms with Crippen LogP contribution in [-0.2, 0) is 30.7 Å². The largest absolute Gasteiger partial charge is 0.350 e. The highest BCUT2D eigenvalue weighted by Gasteiger charge is 2.20. The van der Waals surface area contributed by atoms with Gasteiger partial charge in [0.2, 0.25) is 5.91 Å². The number of benzene rings is 2. The molecule has 1 aromatic heterocycles. The highest BCUT2D eigenvalue weighted by Crippen LogP contribution is 2.30. The van der Waals surface area contributed by atoms with E-state index in [2.05, 4.69) is 5.32 Å². The van der Waals surface area contributed by atoms with Gasteiger partial charge in [0.1, 0.15) is 12.4 Å². The Bertz CT molecular complexity index is 1070. The second-order valence-electron chi connectivity index (χ2n) is 7.38. The van der Waals surface area contributed by atoms with E-state index >= 15 is 0 Å². The summed E-state index contributed by atoms with van der Waals surface area (Å²) in [5, 5.41) is 2.83. The molecule has 2 aromatic carbocycles. The highest BCUT2D eigenvalue weighted by atomic mass is 19.1. The summed E-state index contributed by atoms with van der Waals surface area (Å²) in [6.07, 6.45) is 3.82. The molecule has 0 atom stereocenters. The smallest absolute Gasteiger partial charge is 0.251 e. The Morgan fingerprint density at radius 2 is 1.72 bits per heavy atom. The van der Waals surface area contributed by atoms with Gasteiger partial charge in [-0.3, -0.25) is 9.59 Å². The number of pyridine rings is 1. The van der Waals surface area contributed by atoms with E-state index in [9.17, 15) is 14.0 Å². The predicted molar refractivity (Wildman–Crippen MR) is 111 cm³/mol. The standard InChI is InChI=1S/C24H23FN2O2/c25-19-12-10-17(11-13-19)15-26-23(28)16-27-22-9-5-4-8-20(22)21(14-24(27)29)18-6-2-1-3-7-18/h1-3,6-7,10-14H,4-5,8-9,15-16H2,(H,26,28). The summed E-state index contributed by atoms with van der Waals surface area (Å²) in [7, 11) is 0. The van der Waals surface area contributed by atoms with Gasteiger partial charge in [-0.2, -0.15) is 0 Å². The fourth-order valence-corrected chi connectivity index (χ4v) is 3.95. The molecule has 1 amide bonds. The van der Waals surface area contributed by atoms with Crippen molar-refractivity contribution in [2.75, 3.05) is 0 Å². The number of rotatable bonds is 5. The minimum Gasteiger partial charge on any atom is -0.350 e. The van der Waals surface area contributed by atoms with Gasteiger partial charge < -0.3 is 9.88 Å². The minimum atomic E-state index is -0.309. The van der Waals surface area contributed by atoms with Crippen molar-refractivity contribution in [3.8, 4) is 11.1 Å². The summed E-state index contributed by atoms with van der Waals surface area (Å²) in [4.78, 5) is 25.4. The summed E-state index contributed by atoms with van der Waals surface area (Å²) in [5.74, 6) is -0.534. The van der Waals surface area contributed by atoms with Crippen LogP contribution in [0.4, 0.5) is 4.39 Å². The van der Waals surface area contributed by atoms with E-state index in [1.54, 1.807) is 22.8 Å². The van der Waals surface area contributed by atoms with Crippen LogP contribution in [0, 0.1) is 5.82 Å². The summed E-state index contributed by atoms with van der Waals surface area (Å²) in [6, 6.07) is 17.6. The van der Waals surface area contributed by atoms with Crippen molar-refractivity contribution in [1.82, 2.24) is 9.88 Å². The van der Waals surface area contributed by atoms with Crippen molar-refractivity contribution in [1.29, 1.82) is 0 Å². The number of carbonyl (C=O) groups excluding carboxylic acids is 1. The van der Waals surface area contributed by atoms with E-state index in [-0.39, 0.29) is 23.8 Å². The summed E-state index contributed by atoms with van der Waals surface area (Å²) in [6.45, 7) is 0.301. The fraction of sp³-hybridized carbons (Fsp3) is 0.250. The molecule has 0 spiro atoms. The van der Waals surface area contributed by atoms with Crippen molar-refractivity contribution in [2.45, 2.75) is 38.8 Å². The molecule has 0 unspecified atom stereocenters. The zero-order valence-electron chi connectivity index (χ0n) is 16.2. The van der Waals surface area contributed by atoms with Gasteiger partial charge in [-0.25, -0.2) is 4.39 Å². The lowest BCUT2D eigenvalue weighted by Gasteiger charge is -2.24. The normalized spacial score (nSPS) is 13.0. The molecule has 4 rings (SSSR count). The zero-order chi connectivity index (χ0) is 20.2. The van der Waals surface area contributed by atoms with Gasteiger partial charge in [0.25, 0.3) is 5.56 Å². The van der Waals surface area contributed by atoms with Crippen LogP contribution in [-0.4, -0.2) is 10.5 Å². The molecule has 0 radical (unpaired) electrons. The molecule has 148 valence electrons. The van der Waals surface area contributed by atoms with E-state index < -0.39 is 0 Å². The molecule has 1 aliphatic carbocycles. The van der Waals surface area contributed by atoms with Gasteiger partial charge in [-0.1, -0.05) is 42.5 Å². The van der Waals surface area contributed by atoms with Crippen LogP contribution in [0.15, 0.2) is 65.5 Å². The number of hydrogen-bond donors (Lipinski definition) is 1. The van der Waals surface area contributed by atoms with Crippen LogP contribution in [0.1, 0.15) is 29.7 Å². The van der Waals surface area contributed by atoms with Gasteiger partial charge in [0, 0.05) is 18.3 Å². The first-order valence-corrected chi connectivity index (χ1v) is 9.94. The maximum atomic E-state index is 13.0. The van der Waals surface area contributed by atoms with Crippen molar-refractivity contribution >= 4 is 5.91 Å². The molecule has 0 bridgehead atoms. The molecule has 1 N–H and O–H groups in total. The molecule has 1 heterocycles. The monoisotopic (exact) mass is 390 g/mol. The topological polar surface area (TPSA) is 51.1 Å². The van der Waals surface area contributed by atoms with Crippen LogP contribution in [0.3, 0.4) is 0 Å². The van der Waals surface area contributed by atoms with Gasteiger partial charge in [0.15, 0.2) is 0 Å². The lowest BCUT2D eigenvalue weighted by Crippen LogP contribution is -2.35. The number of amides is 1. The van der Waals surface area contributed by atoms with Gasteiger partial charge in [-0.05, 0) is 60.1 Å². The maximum absolute atomic E-state index is 13.0. The summed E-state index contributed by atoms with van der Waals surface area (Å²) >= 11 is 0. The van der Waals surface area contributed by atoms with Gasteiger partial charge in [-0.15, -0.1) is 0 Å². The van der Waals surface area contributed by atoms with Crippen LogP contribution in [0.5, 0.6) is 0 Å². The third kappa shape index (κ3) is 4.29. The molecule has 0 aliphatic heterocycles. The lowest BCUT2D eigenvalue weighted by atomic mass is 9.89. The number of fused-ring (bicyclic) bond motifs is 1. The Balaban J connectivity index is 1.58. The third-order valence-electron chi connectivity index (χ3n) is 5.41. The van der Waals surface area contributed by atoms with Gasteiger partial charge >= 0.3 is 0 Å². The van der Waals surface area contributed by atoms with E-state index in [1.165, 1.54) is 17.7 Å². The summed E-state index contributed by atoms with van der Waals surface area (Å²) in [5.41, 5.74) is 4.83. The van der Waals surface area contributed by atoms with Crippen LogP contribution >= 0.6 is 0 Å². The second-order valence-corrected chi connectivity index (χ2v) is 7.38. The minimum absolute atomic E-state index is 0.00255. The highest BCUT2D eigenvalue weighted by molar-refractivity contribution is 5.76. The molecule has 29 heavy (non-hydrogen) atoms. The zero-order valence-corrected chi connectivity index (χ0v) is 16.2. The third-order valence-corrected chi connectivity index (χ3v) is 5.41. The van der Waals surface area contributed by atoms with E-state index in [1.807, 2.05) is 30.3 Å². The number of nitrogens with one attached hydrogen (secondary N) is 1. The van der Waals surface area contributed by atoms with Crippen molar-refractivity contribution < 1.29 is 9.18 Å². The summed E-state index contributed by atoms with van der Waals surface area (Å²) < 4.78 is 14.6. The maximum Gasteiger partial charge on any atom is 0.251 e. The Morgan fingerprint density at radius 1 is 1.00 bits per heavy atom. The van der Waals surface area contributed by atoms with Gasteiger partial charge in [0.05, 0.1) is 0 Å². The molecule has 3 aromatic rings. The van der Waals surface area contributed by atoms with E-state index in [0.717, 1.165) is 48.1 Å². The quantitative estimate of drug-likeness (QED) is 0.719. The molecular weight excluding hydrogens is 367 g/mol. The number of hydrogen-bond acceptors (Lipinski definition) is 2. The molecule has 1 aliphatic rings. The molecule has 0 saturated carbocycles. The lowest BCUT2D eigenvalue weighted by molar-refractivity contribution is -0.121. The Labute approximate surface area is 169 Å². The van der Waals surface area contributed by atoms with Crippen molar-refractivity contribution in [2.24, 2.45) is 0 Å². The average Bonchev–Trinajstić information content (AvgIpc) is 2.76. The van der Waals surface area contributed by atoms with Crippen LogP contribution in [0.25, 0.3) is 11.1 Å². The molecule has 0 saturated heterocycles. The molecular formula is C24H23FN2O2. The van der Waals surface area contributed by atoms with Crippen LogP contribution in [0.2, 0.25) is 0 Å². The molecule has 5 heteroatoms. The second kappa shape index (κ2) is 8.43. The predicted octanol–water partition coefficient (Wildman–Crippen LogP) is 3.85. The fourth-order valence-electron chi connectivity index (χ4n) is 3.95. The SMILES string of the molecule is O=C(Cn1c2c(c(-c3ccccc3)cc1=O)CCCC2)NCc1ccc(F)cc1. The van der Waals surface area contributed by atoms with E-state index in [4.69, 9.17) is 0 Å². The van der Waals surface area contributed by atoms with Crippen molar-refractivity contribution in [3.05, 3.63) is 93.7 Å². The molecule has 0 fully saturated rings. The number of nitrogens with zero attached hydrogens (tertiary/aromatic N) is 1.